The van der Waals surface area contributed by atoms with Crippen molar-refractivity contribution in [2.24, 2.45) is 0 Å². The third-order valence-corrected chi connectivity index (χ3v) is 5.45. The minimum Gasteiger partial charge on any atom is -0.378 e. The lowest BCUT2D eigenvalue weighted by Gasteiger charge is -2.15. The van der Waals surface area contributed by atoms with Crippen LogP contribution in [0.2, 0.25) is 0 Å². The van der Waals surface area contributed by atoms with Crippen molar-refractivity contribution < 1.29 is 0 Å². The number of hydrogen-bond acceptors (Lipinski definition) is 3. The number of thiazole rings is 1. The summed E-state index contributed by atoms with van der Waals surface area (Å²) in [5.41, 5.74) is 5.17. The van der Waals surface area contributed by atoms with E-state index in [4.69, 9.17) is 0 Å². The van der Waals surface area contributed by atoms with E-state index in [1.54, 1.807) is 11.3 Å². The molecular weight excluding hydrogens is 344 g/mol. The van der Waals surface area contributed by atoms with Crippen LogP contribution in [0, 0.1) is 6.92 Å². The van der Waals surface area contributed by atoms with Crippen LogP contribution in [0.15, 0.2) is 40.9 Å². The van der Waals surface area contributed by atoms with E-state index >= 15 is 0 Å². The summed E-state index contributed by atoms with van der Waals surface area (Å²) in [6.07, 6.45) is 2.31. The average Bonchev–Trinajstić information content (AvgIpc) is 3.01. The van der Waals surface area contributed by atoms with Gasteiger partial charge in [-0.15, -0.1) is 11.3 Å². The van der Waals surface area contributed by atoms with Crippen molar-refractivity contribution in [2.45, 2.75) is 25.8 Å². The average molecular weight is 359 g/mol. The number of halogens is 1. The number of aromatic nitrogens is 1. The highest BCUT2D eigenvalue weighted by molar-refractivity contribution is 9.10. The molecule has 0 fully saturated rings. The zero-order valence-corrected chi connectivity index (χ0v) is 14.1. The lowest BCUT2D eigenvalue weighted by atomic mass is 10.1. The molecule has 106 valence electrons. The minimum atomic E-state index is 0.416. The molecule has 0 bridgehead atoms. The molecule has 0 amide bonds. The van der Waals surface area contributed by atoms with E-state index in [9.17, 15) is 0 Å². The van der Waals surface area contributed by atoms with Gasteiger partial charge in [0.25, 0.3) is 0 Å². The first-order valence-electron chi connectivity index (χ1n) is 7.11. The maximum atomic E-state index is 4.52. The van der Waals surface area contributed by atoms with Gasteiger partial charge in [0.05, 0.1) is 21.3 Å². The molecule has 0 spiro atoms. The van der Waals surface area contributed by atoms with Crippen molar-refractivity contribution in [2.75, 3.05) is 5.32 Å². The Labute approximate surface area is 136 Å². The Morgan fingerprint density at radius 2 is 2.14 bits per heavy atom. The van der Waals surface area contributed by atoms with Crippen LogP contribution in [-0.2, 0) is 6.42 Å². The first kappa shape index (κ1) is 13.3. The maximum Gasteiger partial charge on any atom is 0.0907 e. The fourth-order valence-corrected chi connectivity index (χ4v) is 4.34. The van der Waals surface area contributed by atoms with Gasteiger partial charge < -0.3 is 5.32 Å². The van der Waals surface area contributed by atoms with Crippen molar-refractivity contribution >= 4 is 43.2 Å². The highest BCUT2D eigenvalue weighted by atomic mass is 79.9. The third kappa shape index (κ3) is 2.47. The topological polar surface area (TPSA) is 24.9 Å². The van der Waals surface area contributed by atoms with Crippen molar-refractivity contribution in [3.05, 3.63) is 57.0 Å². The van der Waals surface area contributed by atoms with E-state index in [2.05, 4.69) is 69.6 Å². The molecule has 1 aromatic heterocycles. The predicted molar refractivity (Wildman–Crippen MR) is 93.2 cm³/mol. The number of aryl methyl sites for hydroxylation is 2. The standard InChI is InChI=1S/C17H15BrN2S/c1-10-19-16-7-4-13(9-17(16)21-10)20-15-6-2-11-8-12(18)3-5-14(11)15/h3-5,7-9,15,20H,2,6H2,1H3. The van der Waals surface area contributed by atoms with Crippen molar-refractivity contribution in [1.82, 2.24) is 4.98 Å². The lowest BCUT2D eigenvalue weighted by molar-refractivity contribution is 0.762. The molecule has 1 aliphatic rings. The van der Waals surface area contributed by atoms with Crippen LogP contribution < -0.4 is 5.32 Å². The molecule has 1 atom stereocenters. The fraction of sp³-hybridized carbons (Fsp3) is 0.235. The fourth-order valence-electron chi connectivity index (χ4n) is 3.07. The molecule has 1 unspecified atom stereocenters. The van der Waals surface area contributed by atoms with Crippen LogP contribution in [0.25, 0.3) is 10.2 Å². The Morgan fingerprint density at radius 3 is 3.05 bits per heavy atom. The molecule has 3 aromatic rings. The molecule has 1 aliphatic carbocycles. The molecule has 1 heterocycles. The Bertz CT molecular complexity index is 825. The first-order chi connectivity index (χ1) is 10.2. The van der Waals surface area contributed by atoms with Crippen molar-refractivity contribution in [3.63, 3.8) is 0 Å². The van der Waals surface area contributed by atoms with Gasteiger partial charge in [-0.25, -0.2) is 4.98 Å². The molecule has 0 radical (unpaired) electrons. The molecule has 2 nitrogen and oxygen atoms in total. The predicted octanol–water partition coefficient (Wildman–Crippen LogP) is 5.47. The minimum absolute atomic E-state index is 0.416. The molecule has 4 rings (SSSR count). The third-order valence-electron chi connectivity index (χ3n) is 4.02. The van der Waals surface area contributed by atoms with E-state index in [1.165, 1.54) is 26.0 Å². The summed E-state index contributed by atoms with van der Waals surface area (Å²) in [4.78, 5) is 4.52. The highest BCUT2D eigenvalue weighted by Crippen LogP contribution is 2.36. The van der Waals surface area contributed by atoms with E-state index in [0.717, 1.165) is 23.4 Å². The van der Waals surface area contributed by atoms with Gasteiger partial charge in [0.15, 0.2) is 0 Å². The SMILES string of the molecule is Cc1nc2ccc(NC3CCc4cc(Br)ccc43)cc2s1. The Kier molecular flexibility index (Phi) is 3.23. The molecule has 21 heavy (non-hydrogen) atoms. The van der Waals surface area contributed by atoms with E-state index in [0.29, 0.717) is 6.04 Å². The quantitative estimate of drug-likeness (QED) is 0.657. The molecule has 2 aromatic carbocycles. The Morgan fingerprint density at radius 1 is 1.24 bits per heavy atom. The van der Waals surface area contributed by atoms with E-state index in [-0.39, 0.29) is 0 Å². The Hall–Kier alpha value is -1.39. The molecule has 0 saturated heterocycles. The largest absolute Gasteiger partial charge is 0.378 e. The van der Waals surface area contributed by atoms with Crippen LogP contribution >= 0.6 is 27.3 Å². The van der Waals surface area contributed by atoms with Crippen LogP contribution in [0.3, 0.4) is 0 Å². The molecule has 4 heteroatoms. The van der Waals surface area contributed by atoms with E-state index in [1.807, 2.05) is 0 Å². The monoisotopic (exact) mass is 358 g/mol. The summed E-state index contributed by atoms with van der Waals surface area (Å²) in [6, 6.07) is 13.5. The number of benzene rings is 2. The van der Waals surface area contributed by atoms with Gasteiger partial charge in [0.2, 0.25) is 0 Å². The van der Waals surface area contributed by atoms with Gasteiger partial charge in [-0.2, -0.15) is 0 Å². The van der Waals surface area contributed by atoms with Crippen molar-refractivity contribution in [3.8, 4) is 0 Å². The number of nitrogens with zero attached hydrogens (tertiary/aromatic N) is 1. The van der Waals surface area contributed by atoms with Gasteiger partial charge in [-0.3, -0.25) is 0 Å². The number of anilines is 1. The number of fused-ring (bicyclic) bond motifs is 2. The number of hydrogen-bond donors (Lipinski definition) is 1. The van der Waals surface area contributed by atoms with Crippen LogP contribution in [0.5, 0.6) is 0 Å². The smallest absolute Gasteiger partial charge is 0.0907 e. The summed E-state index contributed by atoms with van der Waals surface area (Å²) in [5, 5.41) is 4.80. The zero-order chi connectivity index (χ0) is 14.4. The van der Waals surface area contributed by atoms with Crippen LogP contribution in [-0.4, -0.2) is 4.98 Å². The zero-order valence-electron chi connectivity index (χ0n) is 11.7. The number of nitrogens with one attached hydrogen (secondary N) is 1. The normalized spacial score (nSPS) is 17.1. The lowest BCUT2D eigenvalue weighted by Crippen LogP contribution is -2.06. The summed E-state index contributed by atoms with van der Waals surface area (Å²) in [5.74, 6) is 0. The van der Waals surface area contributed by atoms with Gasteiger partial charge in [-0.05, 0) is 61.2 Å². The van der Waals surface area contributed by atoms with Crippen LogP contribution in [0.4, 0.5) is 5.69 Å². The van der Waals surface area contributed by atoms with Gasteiger partial charge in [0.1, 0.15) is 0 Å². The summed E-state index contributed by atoms with van der Waals surface area (Å²) >= 11 is 5.31. The molecule has 1 N–H and O–H groups in total. The molecular formula is C17H15BrN2S. The van der Waals surface area contributed by atoms with E-state index < -0.39 is 0 Å². The summed E-state index contributed by atoms with van der Waals surface area (Å²) < 4.78 is 2.43. The van der Waals surface area contributed by atoms with Gasteiger partial charge >= 0.3 is 0 Å². The first-order valence-corrected chi connectivity index (χ1v) is 8.72. The Balaban J connectivity index is 1.64. The number of rotatable bonds is 2. The van der Waals surface area contributed by atoms with Crippen LogP contribution in [0.1, 0.15) is 28.6 Å². The summed E-state index contributed by atoms with van der Waals surface area (Å²) in [6.45, 7) is 2.06. The maximum absolute atomic E-state index is 4.52. The van der Waals surface area contributed by atoms with Gasteiger partial charge in [0, 0.05) is 10.2 Å². The molecule has 0 saturated carbocycles. The second-order valence-electron chi connectivity index (χ2n) is 5.49. The summed E-state index contributed by atoms with van der Waals surface area (Å²) in [7, 11) is 0. The van der Waals surface area contributed by atoms with Crippen molar-refractivity contribution in [1.29, 1.82) is 0 Å². The van der Waals surface area contributed by atoms with Gasteiger partial charge in [-0.1, -0.05) is 22.0 Å². The highest BCUT2D eigenvalue weighted by Gasteiger charge is 2.22. The second-order valence-corrected chi connectivity index (χ2v) is 7.64. The second kappa shape index (κ2) is 5.11. The molecule has 0 aliphatic heterocycles.